The number of ether oxygens (including phenoxy) is 1. The molecule has 0 unspecified atom stereocenters. The van der Waals surface area contributed by atoms with Gasteiger partial charge >= 0.3 is 0 Å². The number of amides is 3. The highest BCUT2D eigenvalue weighted by atomic mass is 16.5. The monoisotopic (exact) mass is 546 g/mol. The molecule has 0 spiro atoms. The van der Waals surface area contributed by atoms with Crippen LogP contribution in [0.1, 0.15) is 48.2 Å². The molecule has 0 bridgehead atoms. The zero-order valence-corrected chi connectivity index (χ0v) is 22.8. The number of carbonyl (C=O) groups is 3. The Balaban J connectivity index is 1.40. The van der Waals surface area contributed by atoms with Crippen molar-refractivity contribution in [3.05, 3.63) is 53.9 Å². The summed E-state index contributed by atoms with van der Waals surface area (Å²) in [5, 5.41) is 6.90. The number of nitrogens with zero attached hydrogens (tertiary/aromatic N) is 4. The van der Waals surface area contributed by atoms with Gasteiger partial charge < -0.3 is 24.3 Å². The minimum absolute atomic E-state index is 0.0301. The minimum Gasteiger partial charge on any atom is -0.481 e. The molecular formula is C29H34N6O5. The van der Waals surface area contributed by atoms with Crippen molar-refractivity contribution < 1.29 is 23.5 Å². The van der Waals surface area contributed by atoms with Crippen LogP contribution in [0.15, 0.2) is 52.0 Å². The van der Waals surface area contributed by atoms with Gasteiger partial charge in [-0.05, 0) is 69.4 Å². The molecule has 0 saturated carbocycles. The van der Waals surface area contributed by atoms with Crippen LogP contribution in [0.4, 0.5) is 5.69 Å². The van der Waals surface area contributed by atoms with Gasteiger partial charge in [0.25, 0.3) is 5.91 Å². The van der Waals surface area contributed by atoms with Crippen molar-refractivity contribution in [3.8, 4) is 5.88 Å². The summed E-state index contributed by atoms with van der Waals surface area (Å²) < 4.78 is 10.8. The van der Waals surface area contributed by atoms with Crippen LogP contribution in [0.5, 0.6) is 5.88 Å². The van der Waals surface area contributed by atoms with E-state index in [2.05, 4.69) is 15.6 Å². The highest BCUT2D eigenvalue weighted by molar-refractivity contribution is 6.11. The van der Waals surface area contributed by atoms with Gasteiger partial charge in [-0.3, -0.25) is 19.7 Å². The molecule has 3 amide bonds. The number of pyridine rings is 1. The Morgan fingerprint density at radius 3 is 2.70 bits per heavy atom. The minimum atomic E-state index is -0.747. The maximum absolute atomic E-state index is 13.6. The molecule has 40 heavy (non-hydrogen) atoms. The summed E-state index contributed by atoms with van der Waals surface area (Å²) in [5.74, 6) is 0.536. The molecule has 4 heterocycles. The van der Waals surface area contributed by atoms with Gasteiger partial charge in [0.2, 0.25) is 23.7 Å². The summed E-state index contributed by atoms with van der Waals surface area (Å²) in [6, 6.07) is 9.80. The van der Waals surface area contributed by atoms with Crippen LogP contribution in [-0.4, -0.2) is 77.8 Å². The van der Waals surface area contributed by atoms with Crippen LogP contribution in [0.2, 0.25) is 0 Å². The SMILES string of the molecule is COc1cc(C(=O)NC(=N[C@H]2CCCCN(CC(=O)N3CCCC3)C2=O)Nc2ccc3oc(C)cc3c2)ccn1. The number of aryl methyl sites for hydroxylation is 1. The predicted molar refractivity (Wildman–Crippen MR) is 150 cm³/mol. The topological polar surface area (TPSA) is 129 Å². The summed E-state index contributed by atoms with van der Waals surface area (Å²) in [7, 11) is 1.48. The van der Waals surface area contributed by atoms with E-state index >= 15 is 0 Å². The first-order valence-electron chi connectivity index (χ1n) is 13.6. The van der Waals surface area contributed by atoms with Crippen molar-refractivity contribution in [1.29, 1.82) is 0 Å². The number of benzene rings is 1. The third-order valence-corrected chi connectivity index (χ3v) is 7.16. The van der Waals surface area contributed by atoms with Crippen LogP contribution in [0.25, 0.3) is 11.0 Å². The molecule has 3 aromatic rings. The molecule has 0 radical (unpaired) electrons. The zero-order valence-electron chi connectivity index (χ0n) is 22.8. The molecule has 2 N–H and O–H groups in total. The molecule has 11 heteroatoms. The second-order valence-electron chi connectivity index (χ2n) is 10.1. The number of furan rings is 1. The quantitative estimate of drug-likeness (QED) is 0.358. The van der Waals surface area contributed by atoms with Crippen molar-refractivity contribution in [2.75, 3.05) is 38.6 Å². The van der Waals surface area contributed by atoms with Gasteiger partial charge in [-0.25, -0.2) is 9.98 Å². The van der Waals surface area contributed by atoms with Crippen molar-refractivity contribution in [1.82, 2.24) is 20.1 Å². The molecular weight excluding hydrogens is 512 g/mol. The van der Waals surface area contributed by atoms with Gasteiger partial charge in [0.15, 0.2) is 0 Å². The summed E-state index contributed by atoms with van der Waals surface area (Å²) >= 11 is 0. The number of hydrogen-bond donors (Lipinski definition) is 2. The van der Waals surface area contributed by atoms with Gasteiger partial charge in [-0.2, -0.15) is 0 Å². The molecule has 1 aromatic carbocycles. The lowest BCUT2D eigenvalue weighted by Crippen LogP contribution is -2.45. The molecule has 5 rings (SSSR count). The van der Waals surface area contributed by atoms with E-state index in [1.807, 2.05) is 36.1 Å². The Kier molecular flexibility index (Phi) is 8.28. The number of rotatable bonds is 6. The van der Waals surface area contributed by atoms with E-state index in [1.165, 1.54) is 19.4 Å². The fraction of sp³-hybridized carbons (Fsp3) is 0.414. The summed E-state index contributed by atoms with van der Waals surface area (Å²) in [5.41, 5.74) is 1.74. The third kappa shape index (κ3) is 6.41. The Morgan fingerprint density at radius 1 is 1.10 bits per heavy atom. The summed E-state index contributed by atoms with van der Waals surface area (Å²) in [6.07, 6.45) is 5.54. The number of aliphatic imine (C=N–C) groups is 1. The highest BCUT2D eigenvalue weighted by Gasteiger charge is 2.30. The molecule has 2 aliphatic rings. The lowest BCUT2D eigenvalue weighted by Gasteiger charge is -2.25. The number of aromatic nitrogens is 1. The zero-order chi connectivity index (χ0) is 28.1. The Labute approximate surface area is 232 Å². The first kappa shape index (κ1) is 27.2. The van der Waals surface area contributed by atoms with E-state index in [0.29, 0.717) is 30.1 Å². The summed E-state index contributed by atoms with van der Waals surface area (Å²) in [4.78, 5) is 51.8. The van der Waals surface area contributed by atoms with Crippen molar-refractivity contribution in [2.45, 2.75) is 45.1 Å². The molecule has 0 aliphatic carbocycles. The van der Waals surface area contributed by atoms with Crippen molar-refractivity contribution in [3.63, 3.8) is 0 Å². The van der Waals surface area contributed by atoms with Crippen LogP contribution in [0.3, 0.4) is 0 Å². The highest BCUT2D eigenvalue weighted by Crippen LogP contribution is 2.23. The van der Waals surface area contributed by atoms with E-state index in [-0.39, 0.29) is 24.3 Å². The van der Waals surface area contributed by atoms with E-state index in [1.54, 1.807) is 11.0 Å². The molecule has 1 atom stereocenters. The first-order valence-corrected chi connectivity index (χ1v) is 13.6. The van der Waals surface area contributed by atoms with Crippen molar-refractivity contribution >= 4 is 40.3 Å². The van der Waals surface area contributed by atoms with Gasteiger partial charge in [0, 0.05) is 48.5 Å². The maximum Gasteiger partial charge on any atom is 0.258 e. The Hall–Kier alpha value is -4.41. The first-order chi connectivity index (χ1) is 19.4. The lowest BCUT2D eigenvalue weighted by molar-refractivity contribution is -0.140. The fourth-order valence-electron chi connectivity index (χ4n) is 5.08. The molecule has 210 valence electrons. The second-order valence-corrected chi connectivity index (χ2v) is 10.1. The number of anilines is 1. The lowest BCUT2D eigenvalue weighted by atomic mass is 10.1. The smallest absolute Gasteiger partial charge is 0.258 e. The number of nitrogens with one attached hydrogen (secondary N) is 2. The molecule has 2 aliphatic heterocycles. The molecule has 2 saturated heterocycles. The average Bonchev–Trinajstić information content (AvgIpc) is 3.59. The Bertz CT molecular complexity index is 1430. The van der Waals surface area contributed by atoms with E-state index < -0.39 is 11.9 Å². The number of guanidine groups is 1. The second kappa shape index (κ2) is 12.2. The third-order valence-electron chi connectivity index (χ3n) is 7.16. The van der Waals surface area contributed by atoms with Crippen LogP contribution >= 0.6 is 0 Å². The largest absolute Gasteiger partial charge is 0.481 e. The fourth-order valence-corrected chi connectivity index (χ4v) is 5.08. The van der Waals surface area contributed by atoms with E-state index in [4.69, 9.17) is 14.1 Å². The summed E-state index contributed by atoms with van der Waals surface area (Å²) in [6.45, 7) is 3.91. The predicted octanol–water partition coefficient (Wildman–Crippen LogP) is 3.35. The van der Waals surface area contributed by atoms with Crippen LogP contribution in [0, 0.1) is 6.92 Å². The van der Waals surface area contributed by atoms with Gasteiger partial charge in [-0.1, -0.05) is 0 Å². The standard InChI is InChI=1S/C29H34N6O5/c1-19-15-21-16-22(8-9-24(21)40-19)31-29(33-27(37)20-10-11-30-25(17-20)39-2)32-23-7-3-4-14-35(28(23)38)18-26(36)34-12-5-6-13-34/h8-11,15-17,23H,3-7,12-14,18H2,1-2H3,(H2,31,32,33,37)/t23-/m0/s1. The number of fused-ring (bicyclic) bond motifs is 1. The molecule has 11 nitrogen and oxygen atoms in total. The average molecular weight is 547 g/mol. The number of likely N-dealkylation sites (tertiary alicyclic amines) is 2. The molecule has 2 fully saturated rings. The molecule has 2 aromatic heterocycles. The van der Waals surface area contributed by atoms with E-state index in [0.717, 1.165) is 55.5 Å². The number of carbonyl (C=O) groups excluding carboxylic acids is 3. The number of methoxy groups -OCH3 is 1. The van der Waals surface area contributed by atoms with Crippen LogP contribution in [-0.2, 0) is 9.59 Å². The van der Waals surface area contributed by atoms with Gasteiger partial charge in [0.1, 0.15) is 17.4 Å². The van der Waals surface area contributed by atoms with Crippen molar-refractivity contribution in [2.24, 2.45) is 4.99 Å². The Morgan fingerprint density at radius 2 is 1.90 bits per heavy atom. The normalized spacial score (nSPS) is 18.1. The number of hydrogen-bond acceptors (Lipinski definition) is 7. The maximum atomic E-state index is 13.6. The van der Waals surface area contributed by atoms with Gasteiger partial charge in [-0.15, -0.1) is 0 Å². The van der Waals surface area contributed by atoms with Crippen LogP contribution < -0.4 is 15.4 Å². The van der Waals surface area contributed by atoms with Gasteiger partial charge in [0.05, 0.1) is 13.7 Å². The van der Waals surface area contributed by atoms with E-state index in [9.17, 15) is 14.4 Å².